The maximum Gasteiger partial charge on any atom is 0.115 e. The lowest BCUT2D eigenvalue weighted by Crippen LogP contribution is -2.05. The van der Waals surface area contributed by atoms with Crippen molar-refractivity contribution >= 4 is 0 Å². The second-order valence-electron chi connectivity index (χ2n) is 4.14. The summed E-state index contributed by atoms with van der Waals surface area (Å²) in [4.78, 5) is 0. The van der Waals surface area contributed by atoms with Crippen LogP contribution in [0.1, 0.15) is 16.8 Å². The van der Waals surface area contributed by atoms with Gasteiger partial charge < -0.3 is 10.4 Å². The fourth-order valence-electron chi connectivity index (χ4n) is 1.85. The summed E-state index contributed by atoms with van der Waals surface area (Å²) < 4.78 is 1.90. The Morgan fingerprint density at radius 2 is 2.24 bits per heavy atom. The van der Waals surface area contributed by atoms with Crippen molar-refractivity contribution < 1.29 is 5.11 Å². The number of nitrogens with zero attached hydrogens (tertiary/aromatic N) is 2. The van der Waals surface area contributed by atoms with Crippen molar-refractivity contribution in [3.63, 3.8) is 0 Å². The fraction of sp³-hybridized carbons (Fsp3) is 0.308. The van der Waals surface area contributed by atoms with E-state index in [0.29, 0.717) is 12.3 Å². The predicted molar refractivity (Wildman–Crippen MR) is 66.9 cm³/mol. The van der Waals surface area contributed by atoms with Crippen molar-refractivity contribution in [1.29, 1.82) is 0 Å². The third-order valence-corrected chi connectivity index (χ3v) is 2.67. The zero-order valence-electron chi connectivity index (χ0n) is 10.1. The molecule has 0 saturated heterocycles. The van der Waals surface area contributed by atoms with E-state index < -0.39 is 0 Å². The molecule has 0 saturated carbocycles. The molecule has 0 spiro atoms. The zero-order chi connectivity index (χ0) is 12.3. The second kappa shape index (κ2) is 5.01. The minimum Gasteiger partial charge on any atom is -0.508 e. The average Bonchev–Trinajstić information content (AvgIpc) is 2.60. The lowest BCUT2D eigenvalue weighted by atomic mass is 10.2. The van der Waals surface area contributed by atoms with Gasteiger partial charge in [0.05, 0.1) is 12.2 Å². The van der Waals surface area contributed by atoms with E-state index in [9.17, 15) is 5.11 Å². The number of aromatic nitrogens is 2. The summed E-state index contributed by atoms with van der Waals surface area (Å²) in [6.07, 6.45) is 2.04. The van der Waals surface area contributed by atoms with Crippen LogP contribution in [0.5, 0.6) is 5.75 Å². The largest absolute Gasteiger partial charge is 0.508 e. The van der Waals surface area contributed by atoms with Gasteiger partial charge in [-0.15, -0.1) is 0 Å². The SMILES string of the molecule is CNCc1cn(Cc2cccc(O)c2)nc1C. The van der Waals surface area contributed by atoms with Gasteiger partial charge in [-0.3, -0.25) is 4.68 Å². The van der Waals surface area contributed by atoms with Crippen LogP contribution in [-0.4, -0.2) is 21.9 Å². The number of phenolic OH excluding ortho intramolecular Hbond substituents is 1. The smallest absolute Gasteiger partial charge is 0.115 e. The lowest BCUT2D eigenvalue weighted by Gasteiger charge is -2.02. The maximum absolute atomic E-state index is 9.40. The van der Waals surface area contributed by atoms with Crippen molar-refractivity contribution in [3.05, 3.63) is 47.3 Å². The van der Waals surface area contributed by atoms with E-state index in [-0.39, 0.29) is 0 Å². The predicted octanol–water partition coefficient (Wildman–Crippen LogP) is 1.66. The minimum atomic E-state index is 0.293. The van der Waals surface area contributed by atoms with Gasteiger partial charge >= 0.3 is 0 Å². The van der Waals surface area contributed by atoms with E-state index >= 15 is 0 Å². The topological polar surface area (TPSA) is 50.1 Å². The number of aryl methyl sites for hydroxylation is 1. The second-order valence-corrected chi connectivity index (χ2v) is 4.14. The van der Waals surface area contributed by atoms with Gasteiger partial charge in [0.25, 0.3) is 0 Å². The molecule has 0 unspecified atom stereocenters. The molecule has 0 atom stereocenters. The van der Waals surface area contributed by atoms with Crippen LogP contribution in [-0.2, 0) is 13.1 Å². The maximum atomic E-state index is 9.40. The van der Waals surface area contributed by atoms with E-state index in [1.54, 1.807) is 12.1 Å². The zero-order valence-corrected chi connectivity index (χ0v) is 10.1. The van der Waals surface area contributed by atoms with Crippen LogP contribution >= 0.6 is 0 Å². The Morgan fingerprint density at radius 3 is 2.94 bits per heavy atom. The summed E-state index contributed by atoms with van der Waals surface area (Å²) in [6.45, 7) is 3.51. The standard InChI is InChI=1S/C13H17N3O/c1-10-12(7-14-2)9-16(15-10)8-11-4-3-5-13(17)6-11/h3-6,9,14,17H,7-8H2,1-2H3. The first-order valence-electron chi connectivity index (χ1n) is 5.64. The molecule has 0 radical (unpaired) electrons. The molecular weight excluding hydrogens is 214 g/mol. The molecule has 0 aliphatic heterocycles. The van der Waals surface area contributed by atoms with E-state index in [1.165, 1.54) is 5.56 Å². The Hall–Kier alpha value is -1.81. The van der Waals surface area contributed by atoms with Crippen LogP contribution in [0.4, 0.5) is 0 Å². The van der Waals surface area contributed by atoms with Crippen LogP contribution in [0.15, 0.2) is 30.5 Å². The number of hydrogen-bond acceptors (Lipinski definition) is 3. The molecule has 17 heavy (non-hydrogen) atoms. The molecule has 0 amide bonds. The van der Waals surface area contributed by atoms with Crippen molar-refractivity contribution in [2.24, 2.45) is 0 Å². The third kappa shape index (κ3) is 2.85. The first-order valence-corrected chi connectivity index (χ1v) is 5.64. The number of nitrogens with one attached hydrogen (secondary N) is 1. The molecule has 1 aromatic carbocycles. The van der Waals surface area contributed by atoms with Crippen LogP contribution < -0.4 is 5.32 Å². The highest BCUT2D eigenvalue weighted by atomic mass is 16.3. The number of phenols is 1. The normalized spacial score (nSPS) is 10.7. The van der Waals surface area contributed by atoms with Crippen LogP contribution in [0, 0.1) is 6.92 Å². The quantitative estimate of drug-likeness (QED) is 0.841. The number of hydrogen-bond donors (Lipinski definition) is 2. The molecule has 1 heterocycles. The summed E-state index contributed by atoms with van der Waals surface area (Å²) in [7, 11) is 1.92. The van der Waals surface area contributed by atoms with E-state index in [4.69, 9.17) is 0 Å². The Kier molecular flexibility index (Phi) is 3.44. The van der Waals surface area contributed by atoms with Crippen molar-refractivity contribution in [2.45, 2.75) is 20.0 Å². The van der Waals surface area contributed by atoms with Gasteiger partial charge in [0.1, 0.15) is 5.75 Å². The van der Waals surface area contributed by atoms with Gasteiger partial charge in [0.2, 0.25) is 0 Å². The van der Waals surface area contributed by atoms with E-state index in [2.05, 4.69) is 10.4 Å². The number of benzene rings is 1. The number of aromatic hydroxyl groups is 1. The van der Waals surface area contributed by atoms with Gasteiger partial charge in [0.15, 0.2) is 0 Å². The first-order chi connectivity index (χ1) is 8.19. The Labute approximate surface area is 101 Å². The fourth-order valence-corrected chi connectivity index (χ4v) is 1.85. The van der Waals surface area contributed by atoms with Crippen molar-refractivity contribution in [3.8, 4) is 5.75 Å². The molecule has 0 aliphatic rings. The molecule has 4 nitrogen and oxygen atoms in total. The van der Waals surface area contributed by atoms with Gasteiger partial charge in [-0.05, 0) is 31.7 Å². The van der Waals surface area contributed by atoms with Gasteiger partial charge in [0, 0.05) is 18.3 Å². The van der Waals surface area contributed by atoms with Crippen LogP contribution in [0.3, 0.4) is 0 Å². The molecule has 0 fully saturated rings. The monoisotopic (exact) mass is 231 g/mol. The van der Waals surface area contributed by atoms with Crippen LogP contribution in [0.2, 0.25) is 0 Å². The van der Waals surface area contributed by atoms with E-state index in [0.717, 1.165) is 17.8 Å². The molecule has 4 heteroatoms. The first kappa shape index (κ1) is 11.7. The summed E-state index contributed by atoms with van der Waals surface area (Å²) >= 11 is 0. The lowest BCUT2D eigenvalue weighted by molar-refractivity contribution is 0.474. The molecule has 2 rings (SSSR count). The molecule has 90 valence electrons. The highest BCUT2D eigenvalue weighted by molar-refractivity contribution is 5.27. The molecule has 2 aromatic rings. The average molecular weight is 231 g/mol. The molecule has 2 N–H and O–H groups in total. The van der Waals surface area contributed by atoms with Crippen molar-refractivity contribution in [1.82, 2.24) is 15.1 Å². The van der Waals surface area contributed by atoms with Gasteiger partial charge in [-0.25, -0.2) is 0 Å². The van der Waals surface area contributed by atoms with Crippen molar-refractivity contribution in [2.75, 3.05) is 7.05 Å². The summed E-state index contributed by atoms with van der Waals surface area (Å²) in [6, 6.07) is 7.25. The van der Waals surface area contributed by atoms with Gasteiger partial charge in [-0.2, -0.15) is 5.10 Å². The highest BCUT2D eigenvalue weighted by Gasteiger charge is 2.04. The van der Waals surface area contributed by atoms with Gasteiger partial charge in [-0.1, -0.05) is 12.1 Å². The summed E-state index contributed by atoms with van der Waals surface area (Å²) in [5, 5.41) is 17.0. The Balaban J connectivity index is 2.16. The van der Waals surface area contributed by atoms with E-state index in [1.807, 2.05) is 37.0 Å². The minimum absolute atomic E-state index is 0.293. The molecule has 0 bridgehead atoms. The summed E-state index contributed by atoms with van der Waals surface area (Å²) in [5.74, 6) is 0.293. The number of rotatable bonds is 4. The molecular formula is C13H17N3O. The Bertz CT molecular complexity index is 505. The Morgan fingerprint density at radius 1 is 1.41 bits per heavy atom. The third-order valence-electron chi connectivity index (χ3n) is 2.67. The van der Waals surface area contributed by atoms with Crippen LogP contribution in [0.25, 0.3) is 0 Å². The summed E-state index contributed by atoms with van der Waals surface area (Å²) in [5.41, 5.74) is 3.29. The molecule has 0 aliphatic carbocycles. The highest BCUT2D eigenvalue weighted by Crippen LogP contribution is 2.13. The molecule has 1 aromatic heterocycles.